The molecule has 0 radical (unpaired) electrons. The van der Waals surface area contributed by atoms with Crippen molar-refractivity contribution < 1.29 is 19.4 Å². The van der Waals surface area contributed by atoms with Crippen molar-refractivity contribution in [3.8, 4) is 11.5 Å². The number of phenols is 1. The summed E-state index contributed by atoms with van der Waals surface area (Å²) in [6.45, 7) is 0.502. The molecule has 1 atom stereocenters. The maximum atomic E-state index is 11.6. The zero-order chi connectivity index (χ0) is 13.7. The van der Waals surface area contributed by atoms with E-state index >= 15 is 0 Å². The molecule has 0 aliphatic heterocycles. The van der Waals surface area contributed by atoms with Crippen LogP contribution in [0.2, 0.25) is 0 Å². The Kier molecular flexibility index (Phi) is 4.80. The molecular formula is C15H20O4. The van der Waals surface area contributed by atoms with E-state index in [1.807, 2.05) is 6.07 Å². The monoisotopic (exact) mass is 264 g/mol. The average Bonchev–Trinajstić information content (AvgIpc) is 2.41. The minimum atomic E-state index is -0.222. The summed E-state index contributed by atoms with van der Waals surface area (Å²) in [6.07, 6.45) is 4.01. The van der Waals surface area contributed by atoms with Crippen molar-refractivity contribution in [2.45, 2.75) is 38.2 Å². The second-order valence-electron chi connectivity index (χ2n) is 4.83. The third kappa shape index (κ3) is 3.70. The lowest BCUT2D eigenvalue weighted by molar-refractivity contribution is -0.133. The third-order valence-corrected chi connectivity index (χ3v) is 3.45. The molecule has 1 saturated carbocycles. The number of Topliss-reactive ketones (excluding diaryl/α,β-unsaturated/α-hetero) is 1. The topological polar surface area (TPSA) is 55.8 Å². The quantitative estimate of drug-likeness (QED) is 0.887. The first-order valence-corrected chi connectivity index (χ1v) is 6.71. The van der Waals surface area contributed by atoms with Crippen LogP contribution in [0.3, 0.4) is 0 Å². The van der Waals surface area contributed by atoms with Gasteiger partial charge in [-0.1, -0.05) is 6.07 Å². The highest BCUT2D eigenvalue weighted by Crippen LogP contribution is 2.26. The van der Waals surface area contributed by atoms with Crippen molar-refractivity contribution in [1.29, 1.82) is 0 Å². The lowest BCUT2D eigenvalue weighted by atomic mass is 9.96. The van der Waals surface area contributed by atoms with Crippen molar-refractivity contribution in [3.63, 3.8) is 0 Å². The molecular weight excluding hydrogens is 244 g/mol. The van der Waals surface area contributed by atoms with Crippen LogP contribution in [-0.2, 0) is 16.0 Å². The number of benzene rings is 1. The summed E-state index contributed by atoms with van der Waals surface area (Å²) in [6, 6.07) is 5.30. The Hall–Kier alpha value is -1.55. The summed E-state index contributed by atoms with van der Waals surface area (Å²) < 4.78 is 10.6. The van der Waals surface area contributed by atoms with Crippen LogP contribution < -0.4 is 4.74 Å². The Bertz CT molecular complexity index is 442. The van der Waals surface area contributed by atoms with Crippen molar-refractivity contribution in [1.82, 2.24) is 0 Å². The molecule has 0 aromatic heterocycles. The van der Waals surface area contributed by atoms with E-state index in [2.05, 4.69) is 0 Å². The fraction of sp³-hybridized carbons (Fsp3) is 0.533. The molecule has 1 aromatic rings. The summed E-state index contributed by atoms with van der Waals surface area (Å²) in [4.78, 5) is 11.6. The van der Waals surface area contributed by atoms with E-state index < -0.39 is 0 Å². The smallest absolute Gasteiger partial charge is 0.161 e. The van der Waals surface area contributed by atoms with Gasteiger partial charge in [0.15, 0.2) is 17.3 Å². The molecule has 1 N–H and O–H groups in total. The molecule has 0 saturated heterocycles. The SMILES string of the molecule is COc1ccc(CCOC2CCCCC2=O)cc1O. The van der Waals surface area contributed by atoms with Crippen LogP contribution in [0.15, 0.2) is 18.2 Å². The van der Waals surface area contributed by atoms with E-state index in [0.29, 0.717) is 25.2 Å². The minimum Gasteiger partial charge on any atom is -0.504 e. The van der Waals surface area contributed by atoms with E-state index in [-0.39, 0.29) is 17.6 Å². The number of aromatic hydroxyl groups is 1. The maximum Gasteiger partial charge on any atom is 0.161 e. The Morgan fingerprint density at radius 2 is 2.21 bits per heavy atom. The van der Waals surface area contributed by atoms with Gasteiger partial charge in [-0.15, -0.1) is 0 Å². The Morgan fingerprint density at radius 3 is 2.89 bits per heavy atom. The zero-order valence-corrected chi connectivity index (χ0v) is 11.2. The van der Waals surface area contributed by atoms with Crippen LogP contribution in [0.5, 0.6) is 11.5 Å². The predicted octanol–water partition coefficient (Wildman–Crippen LogP) is 2.47. The molecule has 0 bridgehead atoms. The number of hydrogen-bond donors (Lipinski definition) is 1. The molecule has 0 heterocycles. The molecule has 1 aliphatic rings. The molecule has 19 heavy (non-hydrogen) atoms. The lowest BCUT2D eigenvalue weighted by Crippen LogP contribution is -2.28. The van der Waals surface area contributed by atoms with Crippen LogP contribution in [0.4, 0.5) is 0 Å². The second kappa shape index (κ2) is 6.57. The number of phenolic OH excluding ortho intramolecular Hbond substituents is 1. The van der Waals surface area contributed by atoms with Gasteiger partial charge in [0.1, 0.15) is 6.10 Å². The minimum absolute atomic E-state index is 0.133. The number of ketones is 1. The van der Waals surface area contributed by atoms with Crippen LogP contribution in [-0.4, -0.2) is 30.7 Å². The molecule has 0 spiro atoms. The van der Waals surface area contributed by atoms with Crippen LogP contribution in [0, 0.1) is 0 Å². The van der Waals surface area contributed by atoms with E-state index in [1.165, 1.54) is 7.11 Å². The average molecular weight is 264 g/mol. The zero-order valence-electron chi connectivity index (χ0n) is 11.2. The molecule has 0 amide bonds. The fourth-order valence-electron chi connectivity index (χ4n) is 2.34. The Morgan fingerprint density at radius 1 is 1.37 bits per heavy atom. The number of rotatable bonds is 5. The van der Waals surface area contributed by atoms with Crippen molar-refractivity contribution >= 4 is 5.78 Å². The Labute approximate surface area is 113 Å². The van der Waals surface area contributed by atoms with Gasteiger partial charge in [-0.2, -0.15) is 0 Å². The van der Waals surface area contributed by atoms with Crippen LogP contribution in [0.1, 0.15) is 31.2 Å². The predicted molar refractivity (Wildman–Crippen MR) is 71.6 cm³/mol. The van der Waals surface area contributed by atoms with Gasteiger partial charge < -0.3 is 14.6 Å². The first kappa shape index (κ1) is 13.9. The van der Waals surface area contributed by atoms with Crippen LogP contribution in [0.25, 0.3) is 0 Å². The number of methoxy groups -OCH3 is 1. The lowest BCUT2D eigenvalue weighted by Gasteiger charge is -2.20. The fourth-order valence-corrected chi connectivity index (χ4v) is 2.34. The van der Waals surface area contributed by atoms with Gasteiger partial charge in [0, 0.05) is 6.42 Å². The summed E-state index contributed by atoms with van der Waals surface area (Å²) in [5.74, 6) is 0.824. The van der Waals surface area contributed by atoms with E-state index in [0.717, 1.165) is 24.8 Å². The normalized spacial score (nSPS) is 19.4. The van der Waals surface area contributed by atoms with Gasteiger partial charge in [-0.05, 0) is 43.4 Å². The van der Waals surface area contributed by atoms with Gasteiger partial charge in [0.2, 0.25) is 0 Å². The van der Waals surface area contributed by atoms with Gasteiger partial charge in [0.05, 0.1) is 13.7 Å². The maximum absolute atomic E-state index is 11.6. The standard InChI is InChI=1S/C15H20O4/c1-18-14-7-6-11(10-13(14)17)8-9-19-15-5-3-2-4-12(15)16/h6-7,10,15,17H,2-5,8-9H2,1H3. The highest BCUT2D eigenvalue weighted by atomic mass is 16.5. The molecule has 4 heteroatoms. The molecule has 104 valence electrons. The molecule has 1 fully saturated rings. The summed E-state index contributed by atoms with van der Waals surface area (Å²) in [7, 11) is 1.52. The van der Waals surface area contributed by atoms with E-state index in [4.69, 9.17) is 9.47 Å². The molecule has 4 nitrogen and oxygen atoms in total. The molecule has 1 aromatic carbocycles. The first-order chi connectivity index (χ1) is 9.20. The first-order valence-electron chi connectivity index (χ1n) is 6.71. The van der Waals surface area contributed by atoms with Crippen molar-refractivity contribution in [2.24, 2.45) is 0 Å². The summed E-state index contributed by atoms with van der Waals surface area (Å²) >= 11 is 0. The second-order valence-corrected chi connectivity index (χ2v) is 4.83. The summed E-state index contributed by atoms with van der Waals surface area (Å²) in [5, 5.41) is 9.66. The molecule has 1 unspecified atom stereocenters. The molecule has 2 rings (SSSR count). The number of carbonyl (C=O) groups is 1. The highest BCUT2D eigenvalue weighted by molar-refractivity contribution is 5.83. The number of ether oxygens (including phenoxy) is 2. The summed E-state index contributed by atoms with van der Waals surface area (Å²) in [5.41, 5.74) is 0.974. The van der Waals surface area contributed by atoms with Crippen molar-refractivity contribution in [3.05, 3.63) is 23.8 Å². The number of carbonyl (C=O) groups excluding carboxylic acids is 1. The van der Waals surface area contributed by atoms with E-state index in [1.54, 1.807) is 12.1 Å². The van der Waals surface area contributed by atoms with Gasteiger partial charge >= 0.3 is 0 Å². The Balaban J connectivity index is 1.82. The highest BCUT2D eigenvalue weighted by Gasteiger charge is 2.22. The largest absolute Gasteiger partial charge is 0.504 e. The number of hydrogen-bond acceptors (Lipinski definition) is 4. The van der Waals surface area contributed by atoms with E-state index in [9.17, 15) is 9.90 Å². The molecule has 1 aliphatic carbocycles. The third-order valence-electron chi connectivity index (χ3n) is 3.45. The van der Waals surface area contributed by atoms with Gasteiger partial charge in [-0.3, -0.25) is 4.79 Å². The van der Waals surface area contributed by atoms with Crippen molar-refractivity contribution in [2.75, 3.05) is 13.7 Å². The van der Waals surface area contributed by atoms with Gasteiger partial charge in [0.25, 0.3) is 0 Å². The van der Waals surface area contributed by atoms with Crippen LogP contribution >= 0.6 is 0 Å². The van der Waals surface area contributed by atoms with Gasteiger partial charge in [-0.25, -0.2) is 0 Å².